The van der Waals surface area contributed by atoms with Crippen LogP contribution in [0.15, 0.2) is 23.2 Å². The Labute approximate surface area is 95.8 Å². The molecule has 0 atom stereocenters. The molecule has 1 aliphatic heterocycles. The van der Waals surface area contributed by atoms with Crippen LogP contribution in [0.5, 0.6) is 0 Å². The van der Waals surface area contributed by atoms with E-state index in [1.165, 1.54) is 0 Å². The Kier molecular flexibility index (Phi) is 2.72. The Hall–Kier alpha value is -1.35. The van der Waals surface area contributed by atoms with Crippen molar-refractivity contribution >= 4 is 5.90 Å². The van der Waals surface area contributed by atoms with Crippen LogP contribution in [0.3, 0.4) is 0 Å². The van der Waals surface area contributed by atoms with Gasteiger partial charge in [-0.15, -0.1) is 0 Å². The molecule has 1 aromatic carbocycles. The predicted molar refractivity (Wildman–Crippen MR) is 63.7 cm³/mol. The summed E-state index contributed by atoms with van der Waals surface area (Å²) < 4.78 is 5.59. The number of nitrogens with zero attached hydrogens (tertiary/aromatic N) is 1. The summed E-state index contributed by atoms with van der Waals surface area (Å²) in [5.74, 6) is 0.651. The number of aliphatic hydroxyl groups excluding tert-OH is 1. The van der Waals surface area contributed by atoms with Gasteiger partial charge in [0.1, 0.15) is 6.61 Å². The Morgan fingerprint density at radius 3 is 2.75 bits per heavy atom. The Morgan fingerprint density at radius 2 is 2.19 bits per heavy atom. The molecule has 1 heterocycles. The summed E-state index contributed by atoms with van der Waals surface area (Å²) in [6, 6.07) is 5.88. The first-order valence-electron chi connectivity index (χ1n) is 5.46. The second-order valence-corrected chi connectivity index (χ2v) is 4.78. The van der Waals surface area contributed by atoms with Gasteiger partial charge >= 0.3 is 0 Å². The summed E-state index contributed by atoms with van der Waals surface area (Å²) in [7, 11) is 0. The molecule has 0 spiro atoms. The average molecular weight is 219 g/mol. The highest BCUT2D eigenvalue weighted by molar-refractivity contribution is 5.97. The number of aliphatic hydroxyl groups is 1. The lowest BCUT2D eigenvalue weighted by atomic mass is 10.0. The molecule has 0 fully saturated rings. The maximum absolute atomic E-state index is 9.38. The fraction of sp³-hybridized carbons (Fsp3) is 0.462. The summed E-state index contributed by atoms with van der Waals surface area (Å²) >= 11 is 0. The van der Waals surface area contributed by atoms with Gasteiger partial charge in [-0.25, -0.2) is 4.99 Å². The maximum Gasteiger partial charge on any atom is 0.217 e. The van der Waals surface area contributed by atoms with Gasteiger partial charge in [0.15, 0.2) is 0 Å². The van der Waals surface area contributed by atoms with E-state index in [2.05, 4.69) is 4.99 Å². The highest BCUT2D eigenvalue weighted by atomic mass is 16.5. The van der Waals surface area contributed by atoms with E-state index in [-0.39, 0.29) is 12.1 Å². The van der Waals surface area contributed by atoms with Crippen molar-refractivity contribution in [3.63, 3.8) is 0 Å². The van der Waals surface area contributed by atoms with Crippen LogP contribution in [-0.4, -0.2) is 23.2 Å². The van der Waals surface area contributed by atoms with Crippen molar-refractivity contribution in [3.05, 3.63) is 34.9 Å². The molecular formula is C13H17NO2. The number of benzene rings is 1. The second kappa shape index (κ2) is 3.91. The first kappa shape index (κ1) is 11.1. The standard InChI is InChI=1S/C13H17NO2/c1-9-5-4-6-10(11(9)7-15)12-14-13(2,3)8-16-12/h4-6,15H,7-8H2,1-3H3. The van der Waals surface area contributed by atoms with Gasteiger partial charge in [0.25, 0.3) is 0 Å². The number of aliphatic imine (C=N–C) groups is 1. The molecule has 16 heavy (non-hydrogen) atoms. The van der Waals surface area contributed by atoms with Gasteiger partial charge in [-0.05, 0) is 38.0 Å². The van der Waals surface area contributed by atoms with Gasteiger partial charge in [-0.2, -0.15) is 0 Å². The molecule has 0 bridgehead atoms. The van der Waals surface area contributed by atoms with Gasteiger partial charge in [0.05, 0.1) is 12.1 Å². The van der Waals surface area contributed by atoms with Gasteiger partial charge in [-0.3, -0.25) is 0 Å². The summed E-state index contributed by atoms with van der Waals surface area (Å²) in [6.45, 7) is 6.67. The van der Waals surface area contributed by atoms with Gasteiger partial charge in [0, 0.05) is 5.56 Å². The van der Waals surface area contributed by atoms with Gasteiger partial charge in [0.2, 0.25) is 5.90 Å². The second-order valence-electron chi connectivity index (χ2n) is 4.78. The van der Waals surface area contributed by atoms with Crippen LogP contribution < -0.4 is 0 Å². The summed E-state index contributed by atoms with van der Waals surface area (Å²) in [4.78, 5) is 4.52. The number of hydrogen-bond donors (Lipinski definition) is 1. The summed E-state index contributed by atoms with van der Waals surface area (Å²) in [6.07, 6.45) is 0. The fourth-order valence-corrected chi connectivity index (χ4v) is 1.83. The molecular weight excluding hydrogens is 202 g/mol. The molecule has 3 nitrogen and oxygen atoms in total. The van der Waals surface area contributed by atoms with Crippen molar-refractivity contribution in [2.24, 2.45) is 4.99 Å². The molecule has 0 amide bonds. The van der Waals surface area contributed by atoms with E-state index in [0.29, 0.717) is 12.5 Å². The maximum atomic E-state index is 9.38. The van der Waals surface area contributed by atoms with E-state index >= 15 is 0 Å². The largest absolute Gasteiger partial charge is 0.475 e. The third-order valence-electron chi connectivity index (χ3n) is 2.77. The number of rotatable bonds is 2. The summed E-state index contributed by atoms with van der Waals surface area (Å²) in [5, 5.41) is 9.38. The third kappa shape index (κ3) is 1.95. The van der Waals surface area contributed by atoms with E-state index in [9.17, 15) is 5.11 Å². The van der Waals surface area contributed by atoms with Crippen LogP contribution in [0.25, 0.3) is 0 Å². The molecule has 1 N–H and O–H groups in total. The first-order valence-corrected chi connectivity index (χ1v) is 5.46. The minimum atomic E-state index is -0.161. The van der Waals surface area contributed by atoms with Crippen LogP contribution in [0.2, 0.25) is 0 Å². The first-order chi connectivity index (χ1) is 7.53. The SMILES string of the molecule is Cc1cccc(C2=NC(C)(C)CO2)c1CO. The topological polar surface area (TPSA) is 41.8 Å². The summed E-state index contributed by atoms with van der Waals surface area (Å²) in [5.41, 5.74) is 2.72. The fourth-order valence-electron chi connectivity index (χ4n) is 1.83. The highest BCUT2D eigenvalue weighted by Gasteiger charge is 2.28. The lowest BCUT2D eigenvalue weighted by Gasteiger charge is -2.09. The van der Waals surface area contributed by atoms with Crippen molar-refractivity contribution in [3.8, 4) is 0 Å². The minimum Gasteiger partial charge on any atom is -0.475 e. The van der Waals surface area contributed by atoms with E-state index in [0.717, 1.165) is 16.7 Å². The van der Waals surface area contributed by atoms with Gasteiger partial charge < -0.3 is 9.84 Å². The Bertz CT molecular complexity index is 436. The minimum absolute atomic E-state index is 0.0187. The van der Waals surface area contributed by atoms with E-state index in [1.54, 1.807) is 0 Å². The molecule has 0 unspecified atom stereocenters. The molecule has 1 aliphatic rings. The van der Waals surface area contributed by atoms with Crippen molar-refractivity contribution in [1.82, 2.24) is 0 Å². The van der Waals surface area contributed by atoms with Gasteiger partial charge in [-0.1, -0.05) is 12.1 Å². The molecule has 0 aliphatic carbocycles. The predicted octanol–water partition coefficient (Wildman–Crippen LogP) is 2.04. The molecule has 0 aromatic heterocycles. The van der Waals surface area contributed by atoms with Crippen LogP contribution in [0.1, 0.15) is 30.5 Å². The van der Waals surface area contributed by atoms with E-state index in [1.807, 2.05) is 39.0 Å². The number of ether oxygens (including phenoxy) is 1. The third-order valence-corrected chi connectivity index (χ3v) is 2.77. The van der Waals surface area contributed by atoms with Crippen molar-refractivity contribution in [2.45, 2.75) is 32.9 Å². The zero-order valence-electron chi connectivity index (χ0n) is 9.95. The van der Waals surface area contributed by atoms with Crippen LogP contribution >= 0.6 is 0 Å². The lowest BCUT2D eigenvalue weighted by Crippen LogP contribution is -2.17. The van der Waals surface area contributed by atoms with Crippen LogP contribution in [0.4, 0.5) is 0 Å². The lowest BCUT2D eigenvalue weighted by molar-refractivity contribution is 0.273. The molecule has 2 rings (SSSR count). The van der Waals surface area contributed by atoms with Crippen LogP contribution in [-0.2, 0) is 11.3 Å². The van der Waals surface area contributed by atoms with Crippen molar-refractivity contribution < 1.29 is 9.84 Å². The average Bonchev–Trinajstić information content (AvgIpc) is 2.58. The smallest absolute Gasteiger partial charge is 0.217 e. The molecule has 0 saturated heterocycles. The van der Waals surface area contributed by atoms with Crippen LogP contribution in [0, 0.1) is 6.92 Å². The van der Waals surface area contributed by atoms with Crippen molar-refractivity contribution in [2.75, 3.05) is 6.61 Å². The molecule has 86 valence electrons. The zero-order chi connectivity index (χ0) is 11.8. The molecule has 3 heteroatoms. The quantitative estimate of drug-likeness (QED) is 0.827. The Morgan fingerprint density at radius 1 is 1.44 bits per heavy atom. The highest BCUT2D eigenvalue weighted by Crippen LogP contribution is 2.23. The number of aryl methyl sites for hydroxylation is 1. The molecule has 0 saturated carbocycles. The van der Waals surface area contributed by atoms with E-state index in [4.69, 9.17) is 4.74 Å². The Balaban J connectivity index is 2.46. The van der Waals surface area contributed by atoms with Crippen molar-refractivity contribution in [1.29, 1.82) is 0 Å². The monoisotopic (exact) mass is 219 g/mol. The normalized spacial score (nSPS) is 18.1. The molecule has 1 aromatic rings. The number of hydrogen-bond acceptors (Lipinski definition) is 3. The molecule has 0 radical (unpaired) electrons. The zero-order valence-corrected chi connectivity index (χ0v) is 9.95. The van der Waals surface area contributed by atoms with E-state index < -0.39 is 0 Å².